The number of amides is 2. The number of hydrogen-bond acceptors (Lipinski definition) is 5. The van der Waals surface area contributed by atoms with Crippen LogP contribution in [0.3, 0.4) is 0 Å². The Balaban J connectivity index is 2.02. The van der Waals surface area contributed by atoms with E-state index in [2.05, 4.69) is 12.2 Å². The van der Waals surface area contributed by atoms with Crippen LogP contribution in [0, 0.1) is 0 Å². The van der Waals surface area contributed by atoms with Gasteiger partial charge in [-0.05, 0) is 30.7 Å². The van der Waals surface area contributed by atoms with Crippen molar-refractivity contribution in [2.75, 3.05) is 25.0 Å². The van der Waals surface area contributed by atoms with Gasteiger partial charge in [0.1, 0.15) is 0 Å². The summed E-state index contributed by atoms with van der Waals surface area (Å²) >= 11 is 1.21. The first-order valence-electron chi connectivity index (χ1n) is 7.50. The first kappa shape index (κ1) is 17.2. The Morgan fingerprint density at radius 1 is 1.30 bits per heavy atom. The summed E-state index contributed by atoms with van der Waals surface area (Å²) in [6.07, 6.45) is 3.29. The summed E-state index contributed by atoms with van der Waals surface area (Å²) in [4.78, 5) is 26.5. The molecular weight excluding hydrogens is 316 g/mol. The molecule has 6 nitrogen and oxygen atoms in total. The van der Waals surface area contributed by atoms with Crippen LogP contribution >= 0.6 is 11.3 Å². The quantitative estimate of drug-likeness (QED) is 0.776. The van der Waals surface area contributed by atoms with Gasteiger partial charge in [0.2, 0.25) is 0 Å². The van der Waals surface area contributed by atoms with Crippen molar-refractivity contribution in [2.45, 2.75) is 19.8 Å². The minimum absolute atomic E-state index is 0.0666. The van der Waals surface area contributed by atoms with E-state index in [0.717, 1.165) is 12.8 Å². The molecular formula is C16H20N2O4S. The van der Waals surface area contributed by atoms with E-state index in [4.69, 9.17) is 9.52 Å². The molecule has 0 atom stereocenters. The van der Waals surface area contributed by atoms with E-state index < -0.39 is 0 Å². The molecule has 2 aromatic heterocycles. The van der Waals surface area contributed by atoms with Crippen molar-refractivity contribution in [3.63, 3.8) is 0 Å². The van der Waals surface area contributed by atoms with Crippen molar-refractivity contribution in [1.29, 1.82) is 0 Å². The molecule has 7 heteroatoms. The van der Waals surface area contributed by atoms with Gasteiger partial charge in [0.05, 0.1) is 22.7 Å². The van der Waals surface area contributed by atoms with Crippen LogP contribution in [-0.2, 0) is 0 Å². The Morgan fingerprint density at radius 2 is 2.13 bits per heavy atom. The number of nitrogens with one attached hydrogen (secondary N) is 1. The second-order valence-corrected chi connectivity index (χ2v) is 6.05. The lowest BCUT2D eigenvalue weighted by molar-refractivity contribution is 0.0724. The average Bonchev–Trinajstić information content (AvgIpc) is 3.22. The second kappa shape index (κ2) is 8.50. The molecule has 0 aliphatic carbocycles. The fraction of sp³-hybridized carbons (Fsp3) is 0.375. The van der Waals surface area contributed by atoms with E-state index in [0.29, 0.717) is 23.0 Å². The first-order chi connectivity index (χ1) is 11.2. The van der Waals surface area contributed by atoms with Gasteiger partial charge < -0.3 is 19.7 Å². The van der Waals surface area contributed by atoms with E-state index in [1.807, 2.05) is 0 Å². The summed E-state index contributed by atoms with van der Waals surface area (Å²) < 4.78 is 5.03. The van der Waals surface area contributed by atoms with E-state index in [1.54, 1.807) is 29.2 Å². The van der Waals surface area contributed by atoms with Gasteiger partial charge in [0, 0.05) is 13.1 Å². The molecule has 23 heavy (non-hydrogen) atoms. The van der Waals surface area contributed by atoms with Crippen molar-refractivity contribution < 1.29 is 19.1 Å². The number of anilines is 1. The van der Waals surface area contributed by atoms with Gasteiger partial charge in [-0.3, -0.25) is 9.59 Å². The predicted molar refractivity (Wildman–Crippen MR) is 88.9 cm³/mol. The first-order valence-corrected chi connectivity index (χ1v) is 8.32. The van der Waals surface area contributed by atoms with E-state index in [-0.39, 0.29) is 24.2 Å². The third-order valence-corrected chi connectivity index (χ3v) is 4.23. The summed E-state index contributed by atoms with van der Waals surface area (Å²) in [6.45, 7) is 2.91. The summed E-state index contributed by atoms with van der Waals surface area (Å²) in [5.74, 6) is -0.263. The molecule has 124 valence electrons. The number of hydrogen-bond donors (Lipinski definition) is 2. The third kappa shape index (κ3) is 4.67. The number of thiophene rings is 1. The van der Waals surface area contributed by atoms with Crippen molar-refractivity contribution in [2.24, 2.45) is 0 Å². The molecule has 2 amide bonds. The van der Waals surface area contributed by atoms with Crippen LogP contribution in [0.15, 0.2) is 34.9 Å². The van der Waals surface area contributed by atoms with Crippen LogP contribution in [0.25, 0.3) is 0 Å². The van der Waals surface area contributed by atoms with Gasteiger partial charge >= 0.3 is 0 Å². The summed E-state index contributed by atoms with van der Waals surface area (Å²) in [7, 11) is 0. The van der Waals surface area contributed by atoms with Crippen LogP contribution in [-0.4, -0.2) is 41.5 Å². The molecule has 2 N–H and O–H groups in total. The highest BCUT2D eigenvalue weighted by Gasteiger charge is 2.18. The van der Waals surface area contributed by atoms with Crippen molar-refractivity contribution >= 4 is 28.2 Å². The zero-order valence-electron chi connectivity index (χ0n) is 12.9. The monoisotopic (exact) mass is 336 g/mol. The maximum atomic E-state index is 12.5. The number of nitrogens with zero attached hydrogens (tertiary/aromatic N) is 1. The Bertz CT molecular complexity index is 636. The number of aliphatic hydroxyl groups is 1. The molecule has 0 aliphatic rings. The molecule has 0 fully saturated rings. The Morgan fingerprint density at radius 3 is 2.78 bits per heavy atom. The second-order valence-electron chi connectivity index (χ2n) is 4.96. The molecule has 0 saturated carbocycles. The van der Waals surface area contributed by atoms with Crippen molar-refractivity contribution in [1.82, 2.24) is 4.90 Å². The number of carbonyl (C=O) groups is 2. The minimum atomic E-state index is -0.353. The topological polar surface area (TPSA) is 82.8 Å². The standard InChI is InChI=1S/C16H20N2O4S/c1-2-3-8-18(9-10-19)16(21)13-6-7-14(23-13)17-15(20)12-5-4-11-22-12/h4-7,11,19H,2-3,8-10H2,1H3,(H,17,20). The van der Waals surface area contributed by atoms with Crippen molar-refractivity contribution in [3.8, 4) is 0 Å². The lowest BCUT2D eigenvalue weighted by Crippen LogP contribution is -2.33. The SMILES string of the molecule is CCCCN(CCO)C(=O)c1ccc(NC(=O)c2ccco2)s1. The van der Waals surface area contributed by atoms with Gasteiger partial charge in [-0.15, -0.1) is 11.3 Å². The van der Waals surface area contributed by atoms with Gasteiger partial charge in [0.15, 0.2) is 5.76 Å². The lowest BCUT2D eigenvalue weighted by Gasteiger charge is -2.20. The van der Waals surface area contributed by atoms with E-state index in [1.165, 1.54) is 17.6 Å². The zero-order valence-corrected chi connectivity index (χ0v) is 13.8. The highest BCUT2D eigenvalue weighted by molar-refractivity contribution is 7.18. The number of unbranched alkanes of at least 4 members (excludes halogenated alkanes) is 1. The van der Waals surface area contributed by atoms with Gasteiger partial charge in [0.25, 0.3) is 11.8 Å². The molecule has 0 aromatic carbocycles. The molecule has 2 rings (SSSR count). The Hall–Kier alpha value is -2.12. The number of furan rings is 1. The fourth-order valence-corrected chi connectivity index (χ4v) is 2.91. The summed E-state index contributed by atoms with van der Waals surface area (Å²) in [5, 5.41) is 12.4. The van der Waals surface area contributed by atoms with Crippen molar-refractivity contribution in [3.05, 3.63) is 41.2 Å². The third-order valence-electron chi connectivity index (χ3n) is 3.24. The Kier molecular flexibility index (Phi) is 6.37. The normalized spacial score (nSPS) is 10.5. The van der Waals surface area contributed by atoms with Crippen LogP contribution in [0.1, 0.15) is 40.0 Å². The molecule has 0 unspecified atom stereocenters. The van der Waals surface area contributed by atoms with Gasteiger partial charge in [-0.2, -0.15) is 0 Å². The molecule has 0 aliphatic heterocycles. The minimum Gasteiger partial charge on any atom is -0.459 e. The number of rotatable bonds is 8. The van der Waals surface area contributed by atoms with Crippen LogP contribution < -0.4 is 5.32 Å². The van der Waals surface area contributed by atoms with Crippen LogP contribution in [0.5, 0.6) is 0 Å². The molecule has 0 saturated heterocycles. The highest BCUT2D eigenvalue weighted by Crippen LogP contribution is 2.24. The number of carbonyl (C=O) groups excluding carboxylic acids is 2. The van der Waals surface area contributed by atoms with Crippen LogP contribution in [0.4, 0.5) is 5.00 Å². The van der Waals surface area contributed by atoms with E-state index in [9.17, 15) is 9.59 Å². The largest absolute Gasteiger partial charge is 0.459 e. The lowest BCUT2D eigenvalue weighted by atomic mass is 10.3. The zero-order chi connectivity index (χ0) is 16.7. The highest BCUT2D eigenvalue weighted by atomic mass is 32.1. The van der Waals surface area contributed by atoms with E-state index >= 15 is 0 Å². The average molecular weight is 336 g/mol. The van der Waals surface area contributed by atoms with Gasteiger partial charge in [-0.1, -0.05) is 13.3 Å². The summed E-state index contributed by atoms with van der Waals surface area (Å²) in [5.41, 5.74) is 0. The maximum Gasteiger partial charge on any atom is 0.291 e. The maximum absolute atomic E-state index is 12.5. The van der Waals surface area contributed by atoms with Crippen LogP contribution in [0.2, 0.25) is 0 Å². The molecule has 0 spiro atoms. The van der Waals surface area contributed by atoms with Gasteiger partial charge in [-0.25, -0.2) is 0 Å². The fourth-order valence-electron chi connectivity index (χ4n) is 2.04. The molecule has 0 radical (unpaired) electrons. The summed E-state index contributed by atoms with van der Waals surface area (Å²) in [6, 6.07) is 6.58. The molecule has 2 heterocycles. The molecule has 2 aromatic rings. The predicted octanol–water partition coefficient (Wildman–Crippen LogP) is 2.83. The Labute approximate surface area is 138 Å². The number of aliphatic hydroxyl groups excluding tert-OH is 1. The molecule has 0 bridgehead atoms. The smallest absolute Gasteiger partial charge is 0.291 e.